The van der Waals surface area contributed by atoms with Crippen molar-refractivity contribution in [3.05, 3.63) is 34.9 Å². The van der Waals surface area contributed by atoms with Crippen LogP contribution in [0.2, 0.25) is 5.02 Å². The van der Waals surface area contributed by atoms with Crippen molar-refractivity contribution in [2.75, 3.05) is 0 Å². The Morgan fingerprint density at radius 1 is 1.28 bits per heavy atom. The summed E-state index contributed by atoms with van der Waals surface area (Å²) in [5.74, 6) is -0.510. The predicted octanol–water partition coefficient (Wildman–Crippen LogP) is 2.74. The van der Waals surface area contributed by atoms with Crippen LogP contribution >= 0.6 is 11.6 Å². The monoisotopic (exact) mass is 265 g/mol. The molecule has 1 aliphatic rings. The summed E-state index contributed by atoms with van der Waals surface area (Å²) in [5, 5.41) is 2.98. The van der Waals surface area contributed by atoms with E-state index in [-0.39, 0.29) is 29.6 Å². The Bertz CT molecular complexity index is 484. The third-order valence-corrected chi connectivity index (χ3v) is 3.84. The van der Waals surface area contributed by atoms with Gasteiger partial charge in [-0.25, -0.2) is 0 Å². The standard InChI is InChI=1S/C14H16ClNO2/c1-8(2)10-7-12(17)16-14(18)13(10)9-5-3-4-6-11(9)15/h3-6,8,10,13H,7H2,1-2H3,(H,16,17,18). The Hall–Kier alpha value is -1.35. The SMILES string of the molecule is CC(C)C1CC(=O)NC(=O)C1c1ccccc1Cl. The molecule has 1 aromatic rings. The van der Waals surface area contributed by atoms with E-state index < -0.39 is 0 Å². The molecule has 3 nitrogen and oxygen atoms in total. The van der Waals surface area contributed by atoms with Gasteiger partial charge in [0.25, 0.3) is 0 Å². The van der Waals surface area contributed by atoms with Crippen LogP contribution in [0.25, 0.3) is 0 Å². The first-order valence-corrected chi connectivity index (χ1v) is 6.46. The van der Waals surface area contributed by atoms with Gasteiger partial charge in [-0.2, -0.15) is 0 Å². The molecule has 0 aromatic heterocycles. The van der Waals surface area contributed by atoms with Crippen molar-refractivity contribution in [3.63, 3.8) is 0 Å². The minimum atomic E-state index is -0.337. The number of nitrogens with one attached hydrogen (secondary N) is 1. The number of amides is 2. The maximum atomic E-state index is 12.1. The molecular weight excluding hydrogens is 250 g/mol. The fourth-order valence-corrected chi connectivity index (χ4v) is 2.77. The Labute approximate surface area is 112 Å². The minimum Gasteiger partial charge on any atom is -0.296 e. The molecule has 2 atom stereocenters. The van der Waals surface area contributed by atoms with Crippen LogP contribution in [0.5, 0.6) is 0 Å². The van der Waals surface area contributed by atoms with E-state index in [1.807, 2.05) is 32.0 Å². The van der Waals surface area contributed by atoms with Crippen molar-refractivity contribution in [2.24, 2.45) is 11.8 Å². The van der Waals surface area contributed by atoms with E-state index in [0.29, 0.717) is 11.4 Å². The first-order chi connectivity index (χ1) is 8.50. The summed E-state index contributed by atoms with van der Waals surface area (Å²) in [6.07, 6.45) is 0.374. The number of halogens is 1. The van der Waals surface area contributed by atoms with Crippen molar-refractivity contribution < 1.29 is 9.59 Å². The Balaban J connectivity index is 2.42. The largest absolute Gasteiger partial charge is 0.296 e. The molecule has 0 aliphatic carbocycles. The lowest BCUT2D eigenvalue weighted by molar-refractivity contribution is -0.137. The van der Waals surface area contributed by atoms with Gasteiger partial charge in [-0.1, -0.05) is 43.6 Å². The van der Waals surface area contributed by atoms with Gasteiger partial charge in [0.1, 0.15) is 0 Å². The van der Waals surface area contributed by atoms with Gasteiger partial charge >= 0.3 is 0 Å². The van der Waals surface area contributed by atoms with Gasteiger partial charge in [-0.15, -0.1) is 0 Å². The highest BCUT2D eigenvalue weighted by atomic mass is 35.5. The van der Waals surface area contributed by atoms with Crippen molar-refractivity contribution >= 4 is 23.4 Å². The summed E-state index contributed by atoms with van der Waals surface area (Å²) in [6, 6.07) is 7.33. The lowest BCUT2D eigenvalue weighted by Crippen LogP contribution is -2.46. The molecule has 4 heteroatoms. The maximum Gasteiger partial charge on any atom is 0.234 e. The quantitative estimate of drug-likeness (QED) is 0.836. The van der Waals surface area contributed by atoms with E-state index in [0.717, 1.165) is 5.56 Å². The van der Waals surface area contributed by atoms with Crippen LogP contribution in [-0.2, 0) is 9.59 Å². The minimum absolute atomic E-state index is 0.00569. The van der Waals surface area contributed by atoms with Crippen LogP contribution in [0.3, 0.4) is 0 Å². The second-order valence-corrected chi connectivity index (χ2v) is 5.43. The maximum absolute atomic E-state index is 12.1. The average Bonchev–Trinajstić information content (AvgIpc) is 2.29. The molecule has 2 unspecified atom stereocenters. The number of hydrogen-bond acceptors (Lipinski definition) is 2. The number of benzene rings is 1. The van der Waals surface area contributed by atoms with Crippen LogP contribution in [0, 0.1) is 11.8 Å². The molecule has 0 saturated carbocycles. The van der Waals surface area contributed by atoms with E-state index in [1.165, 1.54) is 0 Å². The number of imide groups is 1. The summed E-state index contributed by atoms with van der Waals surface area (Å²) >= 11 is 6.16. The summed E-state index contributed by atoms with van der Waals surface area (Å²) in [5.41, 5.74) is 0.808. The van der Waals surface area contributed by atoms with Gasteiger partial charge in [-0.3, -0.25) is 14.9 Å². The number of hydrogen-bond donors (Lipinski definition) is 1. The zero-order chi connectivity index (χ0) is 13.3. The highest BCUT2D eigenvalue weighted by Crippen LogP contribution is 2.38. The van der Waals surface area contributed by atoms with Crippen LogP contribution in [0.15, 0.2) is 24.3 Å². The molecule has 18 heavy (non-hydrogen) atoms. The number of carbonyl (C=O) groups is 2. The summed E-state index contributed by atoms with van der Waals surface area (Å²) in [6.45, 7) is 4.06. The molecule has 1 aliphatic heterocycles. The van der Waals surface area contributed by atoms with E-state index in [2.05, 4.69) is 5.32 Å². The Morgan fingerprint density at radius 2 is 1.94 bits per heavy atom. The lowest BCUT2D eigenvalue weighted by Gasteiger charge is -2.33. The van der Waals surface area contributed by atoms with Gasteiger partial charge < -0.3 is 0 Å². The first-order valence-electron chi connectivity index (χ1n) is 6.09. The number of carbonyl (C=O) groups excluding carboxylic acids is 2. The van der Waals surface area contributed by atoms with Gasteiger partial charge in [0.2, 0.25) is 11.8 Å². The van der Waals surface area contributed by atoms with Crippen LogP contribution in [0.1, 0.15) is 31.7 Å². The zero-order valence-corrected chi connectivity index (χ0v) is 11.2. The van der Waals surface area contributed by atoms with Gasteiger partial charge in [-0.05, 0) is 23.5 Å². The molecule has 1 heterocycles. The number of piperidine rings is 1. The Morgan fingerprint density at radius 3 is 2.56 bits per heavy atom. The molecule has 1 N–H and O–H groups in total. The first kappa shape index (κ1) is 13.1. The second kappa shape index (κ2) is 5.11. The zero-order valence-electron chi connectivity index (χ0n) is 10.4. The highest BCUT2D eigenvalue weighted by molar-refractivity contribution is 6.31. The van der Waals surface area contributed by atoms with Crippen molar-refractivity contribution in [3.8, 4) is 0 Å². The average molecular weight is 266 g/mol. The van der Waals surface area contributed by atoms with E-state index in [4.69, 9.17) is 11.6 Å². The molecule has 2 rings (SSSR count). The summed E-state index contributed by atoms with van der Waals surface area (Å²) in [4.78, 5) is 23.6. The summed E-state index contributed by atoms with van der Waals surface area (Å²) < 4.78 is 0. The molecule has 96 valence electrons. The third kappa shape index (κ3) is 2.41. The summed E-state index contributed by atoms with van der Waals surface area (Å²) in [7, 11) is 0. The van der Waals surface area contributed by atoms with E-state index in [9.17, 15) is 9.59 Å². The van der Waals surface area contributed by atoms with Crippen LogP contribution in [0.4, 0.5) is 0 Å². The smallest absolute Gasteiger partial charge is 0.234 e. The third-order valence-electron chi connectivity index (χ3n) is 3.49. The molecule has 1 fully saturated rings. The van der Waals surface area contributed by atoms with Crippen LogP contribution in [-0.4, -0.2) is 11.8 Å². The molecule has 0 radical (unpaired) electrons. The molecule has 1 aromatic carbocycles. The molecule has 1 saturated heterocycles. The van der Waals surface area contributed by atoms with E-state index >= 15 is 0 Å². The van der Waals surface area contributed by atoms with Gasteiger partial charge in [0, 0.05) is 11.4 Å². The molecule has 2 amide bonds. The lowest BCUT2D eigenvalue weighted by atomic mass is 9.74. The fourth-order valence-electron chi connectivity index (χ4n) is 2.51. The predicted molar refractivity (Wildman–Crippen MR) is 70.3 cm³/mol. The highest BCUT2D eigenvalue weighted by Gasteiger charge is 2.39. The van der Waals surface area contributed by atoms with E-state index in [1.54, 1.807) is 6.07 Å². The molecule has 0 spiro atoms. The fraction of sp³-hybridized carbons (Fsp3) is 0.429. The van der Waals surface area contributed by atoms with Crippen molar-refractivity contribution in [1.82, 2.24) is 5.32 Å². The molecule has 0 bridgehead atoms. The Kier molecular flexibility index (Phi) is 3.71. The molecular formula is C14H16ClNO2. The van der Waals surface area contributed by atoms with Crippen molar-refractivity contribution in [2.45, 2.75) is 26.2 Å². The van der Waals surface area contributed by atoms with Crippen molar-refractivity contribution in [1.29, 1.82) is 0 Å². The number of rotatable bonds is 2. The van der Waals surface area contributed by atoms with Crippen LogP contribution < -0.4 is 5.32 Å². The second-order valence-electron chi connectivity index (χ2n) is 5.02. The topological polar surface area (TPSA) is 46.2 Å². The normalized spacial score (nSPS) is 24.2. The van der Waals surface area contributed by atoms with Gasteiger partial charge in [0.15, 0.2) is 0 Å². The van der Waals surface area contributed by atoms with Gasteiger partial charge in [0.05, 0.1) is 5.92 Å².